The summed E-state index contributed by atoms with van der Waals surface area (Å²) in [7, 11) is -1.61. The molecule has 0 atom stereocenters. The van der Waals surface area contributed by atoms with Crippen LogP contribution < -0.4 is 0 Å². The normalized spacial score (nSPS) is 25.3. The molecule has 6 heteroatoms. The van der Waals surface area contributed by atoms with Gasteiger partial charge in [-0.25, -0.2) is 0 Å². The number of hydrogen-bond acceptors (Lipinski definition) is 3. The number of aliphatic hydroxyl groups is 1. The molecule has 0 unspecified atom stereocenters. The Labute approximate surface area is 129 Å². The zero-order valence-electron chi connectivity index (χ0n) is 13.4. The highest BCUT2D eigenvalue weighted by molar-refractivity contribution is 7.86. The molecule has 0 bridgehead atoms. The zero-order valence-corrected chi connectivity index (χ0v) is 14.2. The maximum Gasteiger partial charge on any atom is 0.281 e. The standard InChI is InChI=1S/C15H30N2O3S/c1-3-15(13-18)9-11-17(12-10-15)21(19,20)16(2)14-7-5-4-6-8-14/h14,18H,3-13H2,1-2H3. The van der Waals surface area contributed by atoms with Crippen molar-refractivity contribution in [1.82, 2.24) is 8.61 Å². The van der Waals surface area contributed by atoms with Crippen LogP contribution in [0.5, 0.6) is 0 Å². The van der Waals surface area contributed by atoms with Crippen LogP contribution in [0, 0.1) is 5.41 Å². The van der Waals surface area contributed by atoms with Crippen molar-refractivity contribution in [2.45, 2.75) is 64.3 Å². The summed E-state index contributed by atoms with van der Waals surface area (Å²) in [6, 6.07) is 0.166. The lowest BCUT2D eigenvalue weighted by Crippen LogP contribution is -2.51. The molecule has 21 heavy (non-hydrogen) atoms. The molecular formula is C15H30N2O3S. The summed E-state index contributed by atoms with van der Waals surface area (Å²) in [4.78, 5) is 0. The molecule has 0 spiro atoms. The van der Waals surface area contributed by atoms with Crippen molar-refractivity contribution in [3.63, 3.8) is 0 Å². The van der Waals surface area contributed by atoms with Gasteiger partial charge in [-0.15, -0.1) is 0 Å². The zero-order chi connectivity index (χ0) is 15.5. The Hall–Kier alpha value is -0.170. The summed E-state index contributed by atoms with van der Waals surface area (Å²) in [5, 5.41) is 9.57. The maximum absolute atomic E-state index is 12.8. The van der Waals surface area contributed by atoms with Gasteiger partial charge in [0.1, 0.15) is 0 Å². The first-order chi connectivity index (χ1) is 9.95. The Morgan fingerprint density at radius 2 is 1.76 bits per heavy atom. The molecule has 2 fully saturated rings. The predicted octanol–water partition coefficient (Wildman–Crippen LogP) is 1.98. The summed E-state index contributed by atoms with van der Waals surface area (Å²) in [6.07, 6.45) is 7.90. The largest absolute Gasteiger partial charge is 0.396 e. The van der Waals surface area contributed by atoms with Gasteiger partial charge in [-0.3, -0.25) is 0 Å². The molecule has 0 amide bonds. The molecule has 1 N–H and O–H groups in total. The minimum Gasteiger partial charge on any atom is -0.396 e. The lowest BCUT2D eigenvalue weighted by Gasteiger charge is -2.42. The monoisotopic (exact) mass is 318 g/mol. The smallest absolute Gasteiger partial charge is 0.281 e. The molecule has 1 saturated heterocycles. The van der Waals surface area contributed by atoms with E-state index in [4.69, 9.17) is 0 Å². The number of aliphatic hydroxyl groups excluding tert-OH is 1. The van der Waals surface area contributed by atoms with Crippen LogP contribution in [0.2, 0.25) is 0 Å². The van der Waals surface area contributed by atoms with Crippen LogP contribution in [-0.4, -0.2) is 54.9 Å². The highest BCUT2D eigenvalue weighted by atomic mass is 32.2. The topological polar surface area (TPSA) is 60.9 Å². The van der Waals surface area contributed by atoms with E-state index in [0.29, 0.717) is 13.1 Å². The van der Waals surface area contributed by atoms with Crippen LogP contribution in [0.4, 0.5) is 0 Å². The van der Waals surface area contributed by atoms with Gasteiger partial charge in [0.2, 0.25) is 0 Å². The SMILES string of the molecule is CCC1(CO)CCN(S(=O)(=O)N(C)C2CCCCC2)CC1. The van der Waals surface area contributed by atoms with E-state index >= 15 is 0 Å². The molecule has 5 nitrogen and oxygen atoms in total. The second-order valence-electron chi connectivity index (χ2n) is 6.73. The van der Waals surface area contributed by atoms with Crippen molar-refractivity contribution in [1.29, 1.82) is 0 Å². The molecule has 0 radical (unpaired) electrons. The third-order valence-electron chi connectivity index (χ3n) is 5.65. The maximum atomic E-state index is 12.8. The van der Waals surface area contributed by atoms with Gasteiger partial charge in [0.25, 0.3) is 10.2 Å². The fourth-order valence-corrected chi connectivity index (χ4v) is 5.23. The molecule has 2 rings (SSSR count). The first kappa shape index (κ1) is 17.2. The van der Waals surface area contributed by atoms with Gasteiger partial charge in [0.15, 0.2) is 0 Å². The quantitative estimate of drug-likeness (QED) is 0.843. The van der Waals surface area contributed by atoms with Gasteiger partial charge in [-0.1, -0.05) is 26.2 Å². The summed E-state index contributed by atoms with van der Waals surface area (Å²) >= 11 is 0. The fourth-order valence-electron chi connectivity index (χ4n) is 3.63. The molecule has 0 aromatic rings. The van der Waals surface area contributed by atoms with Crippen LogP contribution in [0.25, 0.3) is 0 Å². The van der Waals surface area contributed by atoms with Crippen LogP contribution in [-0.2, 0) is 10.2 Å². The van der Waals surface area contributed by atoms with Crippen LogP contribution in [0.3, 0.4) is 0 Å². The van der Waals surface area contributed by atoms with Crippen molar-refractivity contribution in [2.24, 2.45) is 5.41 Å². The third kappa shape index (κ3) is 3.60. The van der Waals surface area contributed by atoms with Crippen LogP contribution in [0.1, 0.15) is 58.3 Å². The summed E-state index contributed by atoms with van der Waals surface area (Å²) in [5.41, 5.74) is -0.0740. The lowest BCUT2D eigenvalue weighted by atomic mass is 9.77. The molecule has 1 aliphatic heterocycles. The van der Waals surface area contributed by atoms with Crippen molar-refractivity contribution in [3.05, 3.63) is 0 Å². The predicted molar refractivity (Wildman–Crippen MR) is 84.2 cm³/mol. The van der Waals surface area contributed by atoms with Crippen molar-refractivity contribution in [3.8, 4) is 0 Å². The van der Waals surface area contributed by atoms with Crippen molar-refractivity contribution < 1.29 is 13.5 Å². The van der Waals surface area contributed by atoms with Gasteiger partial charge in [0.05, 0.1) is 0 Å². The number of nitrogens with zero attached hydrogens (tertiary/aromatic N) is 2. The Balaban J connectivity index is 2.00. The minimum absolute atomic E-state index is 0.0740. The van der Waals surface area contributed by atoms with Gasteiger partial charge >= 0.3 is 0 Å². The number of hydrogen-bond donors (Lipinski definition) is 1. The van der Waals surface area contributed by atoms with Gasteiger partial charge < -0.3 is 5.11 Å². The first-order valence-electron chi connectivity index (χ1n) is 8.29. The molecule has 0 aromatic carbocycles. The van der Waals surface area contributed by atoms with E-state index in [1.807, 2.05) is 0 Å². The number of piperidine rings is 1. The van der Waals surface area contributed by atoms with E-state index in [0.717, 1.165) is 44.9 Å². The molecule has 2 aliphatic rings. The summed E-state index contributed by atoms with van der Waals surface area (Å²) in [6.45, 7) is 3.31. The van der Waals surface area contributed by atoms with Gasteiger partial charge in [-0.2, -0.15) is 17.0 Å². The molecule has 0 aromatic heterocycles. The third-order valence-corrected chi connectivity index (χ3v) is 7.69. The highest BCUT2D eigenvalue weighted by Gasteiger charge is 2.39. The molecule has 1 heterocycles. The average Bonchev–Trinajstić information content (AvgIpc) is 2.55. The van der Waals surface area contributed by atoms with Crippen LogP contribution >= 0.6 is 0 Å². The van der Waals surface area contributed by atoms with Crippen molar-refractivity contribution in [2.75, 3.05) is 26.7 Å². The fraction of sp³-hybridized carbons (Fsp3) is 1.00. The molecular weight excluding hydrogens is 288 g/mol. The van der Waals surface area contributed by atoms with E-state index in [2.05, 4.69) is 6.92 Å². The Morgan fingerprint density at radius 3 is 2.24 bits per heavy atom. The Morgan fingerprint density at radius 1 is 1.19 bits per heavy atom. The summed E-state index contributed by atoms with van der Waals surface area (Å²) < 4.78 is 28.7. The lowest BCUT2D eigenvalue weighted by molar-refractivity contribution is 0.0626. The molecule has 1 aliphatic carbocycles. The van der Waals surface area contributed by atoms with Gasteiger partial charge in [0, 0.05) is 32.8 Å². The minimum atomic E-state index is -3.34. The van der Waals surface area contributed by atoms with E-state index in [1.165, 1.54) is 6.42 Å². The second kappa shape index (κ2) is 6.94. The number of rotatable bonds is 5. The van der Waals surface area contributed by atoms with E-state index in [-0.39, 0.29) is 18.1 Å². The van der Waals surface area contributed by atoms with E-state index < -0.39 is 10.2 Å². The summed E-state index contributed by atoms with van der Waals surface area (Å²) in [5.74, 6) is 0. The molecule has 124 valence electrons. The first-order valence-corrected chi connectivity index (χ1v) is 9.69. The Kier molecular flexibility index (Phi) is 5.68. The van der Waals surface area contributed by atoms with E-state index in [1.54, 1.807) is 15.7 Å². The molecule has 1 saturated carbocycles. The van der Waals surface area contributed by atoms with Gasteiger partial charge in [-0.05, 0) is 37.5 Å². The van der Waals surface area contributed by atoms with Crippen molar-refractivity contribution >= 4 is 10.2 Å². The average molecular weight is 318 g/mol. The highest BCUT2D eigenvalue weighted by Crippen LogP contribution is 2.36. The van der Waals surface area contributed by atoms with E-state index in [9.17, 15) is 13.5 Å². The Bertz CT molecular complexity index is 418. The van der Waals surface area contributed by atoms with Crippen LogP contribution in [0.15, 0.2) is 0 Å². The second-order valence-corrected chi connectivity index (χ2v) is 8.71.